The molecule has 0 N–H and O–H groups in total. The minimum absolute atomic E-state index is 0.178. The van der Waals surface area contributed by atoms with Crippen LogP contribution in [0.5, 0.6) is 5.75 Å². The van der Waals surface area contributed by atoms with Gasteiger partial charge in [0.05, 0.1) is 0 Å². The molecule has 0 spiro atoms. The lowest BCUT2D eigenvalue weighted by Crippen LogP contribution is -2.08. The Morgan fingerprint density at radius 3 is 2.71 bits per heavy atom. The summed E-state index contributed by atoms with van der Waals surface area (Å²) in [5.74, 6) is 1.21. The van der Waals surface area contributed by atoms with Gasteiger partial charge in [-0.2, -0.15) is 0 Å². The van der Waals surface area contributed by atoms with Crippen molar-refractivity contribution in [2.75, 3.05) is 0 Å². The molecule has 0 unspecified atom stereocenters. The number of allylic oxidation sites excluding steroid dienone is 1. The molecule has 3 rings (SSSR count). The first-order valence-corrected chi connectivity index (χ1v) is 6.99. The van der Waals surface area contributed by atoms with Gasteiger partial charge in [0.1, 0.15) is 18.1 Å². The molecule has 1 aliphatic rings. The fourth-order valence-electron chi connectivity index (χ4n) is 2.19. The highest BCUT2D eigenvalue weighted by molar-refractivity contribution is 5.80. The van der Waals surface area contributed by atoms with Crippen LogP contribution in [0, 0.1) is 0 Å². The fourth-order valence-corrected chi connectivity index (χ4v) is 2.19. The van der Waals surface area contributed by atoms with E-state index >= 15 is 0 Å². The van der Waals surface area contributed by atoms with Gasteiger partial charge in [-0.1, -0.05) is 42.5 Å². The fraction of sp³-hybridized carbons (Fsp3) is 0.167. The van der Waals surface area contributed by atoms with E-state index in [9.17, 15) is 4.79 Å². The van der Waals surface area contributed by atoms with E-state index in [1.54, 1.807) is 0 Å². The van der Waals surface area contributed by atoms with Crippen molar-refractivity contribution in [3.63, 3.8) is 0 Å². The summed E-state index contributed by atoms with van der Waals surface area (Å²) in [6, 6.07) is 17.6. The smallest absolute Gasteiger partial charge is 0.311 e. The van der Waals surface area contributed by atoms with Crippen LogP contribution in [0.15, 0.2) is 60.7 Å². The Morgan fingerprint density at radius 1 is 1.05 bits per heavy atom. The molecule has 21 heavy (non-hydrogen) atoms. The molecule has 3 heteroatoms. The predicted molar refractivity (Wildman–Crippen MR) is 80.5 cm³/mol. The second-order valence-electron chi connectivity index (χ2n) is 4.88. The average Bonchev–Trinajstić information content (AvgIpc) is 2.54. The summed E-state index contributed by atoms with van der Waals surface area (Å²) in [7, 11) is 0. The molecule has 0 fully saturated rings. The van der Waals surface area contributed by atoms with Gasteiger partial charge in [0.2, 0.25) is 0 Å². The van der Waals surface area contributed by atoms with Crippen LogP contribution in [0.4, 0.5) is 0 Å². The van der Waals surface area contributed by atoms with Gasteiger partial charge in [0, 0.05) is 12.0 Å². The van der Waals surface area contributed by atoms with Gasteiger partial charge >= 0.3 is 5.97 Å². The Hall–Kier alpha value is -2.55. The molecule has 0 aromatic heterocycles. The number of rotatable bonds is 4. The normalized spacial score (nSPS) is 14.3. The Kier molecular flexibility index (Phi) is 4.01. The molecule has 2 aromatic rings. The number of ether oxygens (including phenoxy) is 2. The van der Waals surface area contributed by atoms with E-state index in [0.717, 1.165) is 23.3 Å². The van der Waals surface area contributed by atoms with Gasteiger partial charge in [-0.15, -0.1) is 0 Å². The second-order valence-corrected chi connectivity index (χ2v) is 4.88. The van der Waals surface area contributed by atoms with Gasteiger partial charge in [0.25, 0.3) is 0 Å². The Morgan fingerprint density at radius 2 is 1.90 bits per heavy atom. The molecule has 1 aliphatic heterocycles. The molecule has 0 atom stereocenters. The predicted octanol–water partition coefficient (Wildman–Crippen LogP) is 3.94. The van der Waals surface area contributed by atoms with E-state index in [-0.39, 0.29) is 5.97 Å². The number of hydrogen-bond acceptors (Lipinski definition) is 3. The molecular weight excluding hydrogens is 264 g/mol. The maximum absolute atomic E-state index is 11.3. The molecule has 2 aromatic carbocycles. The van der Waals surface area contributed by atoms with E-state index in [1.165, 1.54) is 0 Å². The quantitative estimate of drug-likeness (QED) is 0.796. The molecular formula is C18H16O3. The minimum Gasteiger partial charge on any atom is -0.489 e. The van der Waals surface area contributed by atoms with Crippen LogP contribution in [0.2, 0.25) is 0 Å². The number of esters is 1. The molecule has 0 bridgehead atoms. The van der Waals surface area contributed by atoms with Crippen molar-refractivity contribution < 1.29 is 14.3 Å². The third-order valence-electron chi connectivity index (χ3n) is 3.27. The largest absolute Gasteiger partial charge is 0.489 e. The van der Waals surface area contributed by atoms with Crippen LogP contribution in [-0.4, -0.2) is 5.97 Å². The van der Waals surface area contributed by atoms with Gasteiger partial charge in [0.15, 0.2) is 0 Å². The Bertz CT molecular complexity index is 659. The number of cyclic esters (lactones) is 1. The summed E-state index contributed by atoms with van der Waals surface area (Å²) in [4.78, 5) is 11.3. The van der Waals surface area contributed by atoms with Crippen LogP contribution in [0.25, 0.3) is 5.76 Å². The van der Waals surface area contributed by atoms with Crippen LogP contribution >= 0.6 is 0 Å². The highest BCUT2D eigenvalue weighted by Crippen LogP contribution is 2.25. The van der Waals surface area contributed by atoms with Crippen molar-refractivity contribution in [3.8, 4) is 5.75 Å². The lowest BCUT2D eigenvalue weighted by atomic mass is 10.1. The van der Waals surface area contributed by atoms with Crippen molar-refractivity contribution in [3.05, 3.63) is 71.8 Å². The topological polar surface area (TPSA) is 35.5 Å². The monoisotopic (exact) mass is 280 g/mol. The second kappa shape index (κ2) is 6.27. The molecule has 0 saturated heterocycles. The van der Waals surface area contributed by atoms with Gasteiger partial charge in [-0.25, -0.2) is 0 Å². The van der Waals surface area contributed by atoms with Crippen LogP contribution in [0.3, 0.4) is 0 Å². The van der Waals surface area contributed by atoms with Crippen molar-refractivity contribution in [2.24, 2.45) is 0 Å². The van der Waals surface area contributed by atoms with Gasteiger partial charge < -0.3 is 9.47 Å². The first-order chi connectivity index (χ1) is 10.3. The third-order valence-corrected chi connectivity index (χ3v) is 3.27. The summed E-state index contributed by atoms with van der Waals surface area (Å²) in [5.41, 5.74) is 1.99. The summed E-state index contributed by atoms with van der Waals surface area (Å²) in [6.07, 6.45) is 3.12. The van der Waals surface area contributed by atoms with Crippen LogP contribution in [0.1, 0.15) is 24.0 Å². The van der Waals surface area contributed by atoms with E-state index in [0.29, 0.717) is 18.8 Å². The van der Waals surface area contributed by atoms with E-state index < -0.39 is 0 Å². The Labute approximate surface area is 123 Å². The molecule has 0 radical (unpaired) electrons. The lowest BCUT2D eigenvalue weighted by Gasteiger charge is -2.14. The zero-order valence-electron chi connectivity index (χ0n) is 11.6. The summed E-state index contributed by atoms with van der Waals surface area (Å²) < 4.78 is 11.0. The summed E-state index contributed by atoms with van der Waals surface area (Å²) in [6.45, 7) is 0.517. The van der Waals surface area contributed by atoms with Gasteiger partial charge in [-0.05, 0) is 30.2 Å². The van der Waals surface area contributed by atoms with Gasteiger partial charge in [-0.3, -0.25) is 4.79 Å². The standard InChI is InChI=1S/C18H16O3/c19-18-11-5-10-17(21-18)15-8-4-9-16(12-15)20-13-14-6-2-1-3-7-14/h1-4,6-10,12H,5,11,13H2. The molecule has 0 saturated carbocycles. The van der Waals surface area contributed by atoms with E-state index in [1.807, 2.05) is 60.7 Å². The molecule has 0 amide bonds. The zero-order chi connectivity index (χ0) is 14.5. The number of carbonyl (C=O) groups is 1. The number of hydrogen-bond donors (Lipinski definition) is 0. The molecule has 3 nitrogen and oxygen atoms in total. The highest BCUT2D eigenvalue weighted by Gasteiger charge is 2.14. The maximum Gasteiger partial charge on any atom is 0.311 e. The zero-order valence-corrected chi connectivity index (χ0v) is 11.6. The van der Waals surface area contributed by atoms with Crippen LogP contribution < -0.4 is 4.74 Å². The molecule has 0 aliphatic carbocycles. The number of carbonyl (C=O) groups excluding carboxylic acids is 1. The van der Waals surface area contributed by atoms with Crippen molar-refractivity contribution in [1.29, 1.82) is 0 Å². The van der Waals surface area contributed by atoms with E-state index in [4.69, 9.17) is 9.47 Å². The first kappa shape index (κ1) is 13.4. The third kappa shape index (κ3) is 3.51. The molecule has 106 valence electrons. The Balaban J connectivity index is 1.71. The number of benzene rings is 2. The van der Waals surface area contributed by atoms with Crippen molar-refractivity contribution in [1.82, 2.24) is 0 Å². The SMILES string of the molecule is O=C1CCC=C(c2cccc(OCc3ccccc3)c2)O1. The highest BCUT2D eigenvalue weighted by atomic mass is 16.5. The average molecular weight is 280 g/mol. The van der Waals surface area contributed by atoms with E-state index in [2.05, 4.69) is 0 Å². The van der Waals surface area contributed by atoms with Crippen molar-refractivity contribution >= 4 is 11.7 Å². The lowest BCUT2D eigenvalue weighted by molar-refractivity contribution is -0.137. The van der Waals surface area contributed by atoms with Crippen LogP contribution in [-0.2, 0) is 16.1 Å². The molecule has 1 heterocycles. The van der Waals surface area contributed by atoms with Crippen molar-refractivity contribution in [2.45, 2.75) is 19.4 Å². The summed E-state index contributed by atoms with van der Waals surface area (Å²) >= 11 is 0. The minimum atomic E-state index is -0.178. The maximum atomic E-state index is 11.3. The first-order valence-electron chi connectivity index (χ1n) is 6.99. The summed E-state index contributed by atoms with van der Waals surface area (Å²) in [5, 5.41) is 0.